The molecule has 12 heteroatoms. The minimum atomic E-state index is -1.36. The SMILES string of the molecule is CC(=O)N/N=c1/nc[nH]c2c1ncn2[C@@H]1O[C@H]([C@H](O)c2ccc(Cl)cc2)[C@@H](O)[C@H]1O. The van der Waals surface area contributed by atoms with E-state index < -0.39 is 30.6 Å². The zero-order valence-electron chi connectivity index (χ0n) is 15.7. The van der Waals surface area contributed by atoms with Crippen molar-refractivity contribution in [3.8, 4) is 0 Å². The van der Waals surface area contributed by atoms with Crippen molar-refractivity contribution < 1.29 is 24.9 Å². The van der Waals surface area contributed by atoms with E-state index in [0.29, 0.717) is 21.7 Å². The monoisotopic (exact) mass is 434 g/mol. The molecule has 1 aliphatic heterocycles. The minimum absolute atomic E-state index is 0.156. The lowest BCUT2D eigenvalue weighted by Crippen LogP contribution is -2.34. The third-order valence-corrected chi connectivity index (χ3v) is 5.04. The number of halogens is 1. The summed E-state index contributed by atoms with van der Waals surface area (Å²) in [4.78, 5) is 22.2. The molecule has 0 spiro atoms. The number of fused-ring (bicyclic) bond motifs is 1. The van der Waals surface area contributed by atoms with Crippen LogP contribution in [0.3, 0.4) is 0 Å². The molecule has 5 N–H and O–H groups in total. The Bertz CT molecular complexity index is 1130. The van der Waals surface area contributed by atoms with Gasteiger partial charge < -0.3 is 25.0 Å². The highest BCUT2D eigenvalue weighted by molar-refractivity contribution is 6.30. The highest BCUT2D eigenvalue weighted by Gasteiger charge is 2.47. The van der Waals surface area contributed by atoms with Crippen molar-refractivity contribution in [2.24, 2.45) is 5.10 Å². The van der Waals surface area contributed by atoms with Gasteiger partial charge >= 0.3 is 0 Å². The number of benzene rings is 1. The van der Waals surface area contributed by atoms with Crippen molar-refractivity contribution in [1.82, 2.24) is 24.9 Å². The molecule has 2 aromatic heterocycles. The molecule has 30 heavy (non-hydrogen) atoms. The molecule has 1 amide bonds. The Kier molecular flexibility index (Phi) is 5.54. The van der Waals surface area contributed by atoms with E-state index in [1.54, 1.807) is 24.3 Å². The number of imidazole rings is 1. The lowest BCUT2D eigenvalue weighted by Gasteiger charge is -2.21. The number of ether oxygens (including phenoxy) is 1. The standard InChI is InChI=1S/C18H19ClN6O5/c1-8(26)23-24-16-11-17(21-6-20-16)25(7-22-11)18-14(29)13(28)15(30-18)12(27)9-2-4-10(19)5-3-9/h2-7,12-15,18,27-29H,1H3,(H,23,26)(H,20,21,24)/t12-,13+,14-,15-,18-/m1/s1. The molecule has 1 fully saturated rings. The Morgan fingerprint density at radius 3 is 2.73 bits per heavy atom. The van der Waals surface area contributed by atoms with E-state index in [-0.39, 0.29) is 11.4 Å². The average molecular weight is 435 g/mol. The van der Waals surface area contributed by atoms with Crippen LogP contribution in [0.4, 0.5) is 0 Å². The maximum Gasteiger partial charge on any atom is 0.237 e. The van der Waals surface area contributed by atoms with Gasteiger partial charge in [-0.2, -0.15) is 5.10 Å². The van der Waals surface area contributed by atoms with Crippen LogP contribution in [0.25, 0.3) is 11.2 Å². The number of carbonyl (C=O) groups is 1. The molecular weight excluding hydrogens is 416 g/mol. The number of aromatic nitrogens is 4. The average Bonchev–Trinajstić information content (AvgIpc) is 3.28. The first-order valence-electron chi connectivity index (χ1n) is 9.02. The number of hydrogen-bond acceptors (Lipinski definition) is 8. The van der Waals surface area contributed by atoms with Crippen molar-refractivity contribution in [2.45, 2.75) is 37.6 Å². The normalized spacial score (nSPS) is 25.6. The fraction of sp³-hybridized carbons (Fsp3) is 0.333. The number of amides is 1. The summed E-state index contributed by atoms with van der Waals surface area (Å²) in [5, 5.41) is 36.1. The Balaban J connectivity index is 1.65. The third kappa shape index (κ3) is 3.68. The lowest BCUT2D eigenvalue weighted by molar-refractivity contribution is -0.119. The van der Waals surface area contributed by atoms with E-state index in [4.69, 9.17) is 16.3 Å². The van der Waals surface area contributed by atoms with Crippen molar-refractivity contribution >= 4 is 28.7 Å². The predicted octanol–water partition coefficient (Wildman–Crippen LogP) is -0.283. The van der Waals surface area contributed by atoms with E-state index in [1.165, 1.54) is 24.1 Å². The fourth-order valence-electron chi connectivity index (χ4n) is 3.32. The first-order chi connectivity index (χ1) is 14.4. The highest BCUT2D eigenvalue weighted by Crippen LogP contribution is 2.37. The molecule has 0 bridgehead atoms. The van der Waals surface area contributed by atoms with Gasteiger partial charge in [-0.1, -0.05) is 23.7 Å². The topological polar surface area (TPSA) is 158 Å². The number of aliphatic hydroxyl groups is 3. The van der Waals surface area contributed by atoms with E-state index in [0.717, 1.165) is 0 Å². The maximum atomic E-state index is 11.1. The number of rotatable bonds is 4. The van der Waals surface area contributed by atoms with Gasteiger partial charge in [-0.05, 0) is 17.7 Å². The molecule has 1 aliphatic rings. The largest absolute Gasteiger partial charge is 0.387 e. The second-order valence-electron chi connectivity index (χ2n) is 6.82. The minimum Gasteiger partial charge on any atom is -0.387 e. The maximum absolute atomic E-state index is 11.1. The van der Waals surface area contributed by atoms with E-state index in [1.807, 2.05) is 0 Å². The highest BCUT2D eigenvalue weighted by atomic mass is 35.5. The van der Waals surface area contributed by atoms with Gasteiger partial charge in [-0.25, -0.2) is 15.4 Å². The number of nitrogens with zero attached hydrogens (tertiary/aromatic N) is 4. The molecule has 0 aliphatic carbocycles. The third-order valence-electron chi connectivity index (χ3n) is 4.79. The zero-order chi connectivity index (χ0) is 21.4. The van der Waals surface area contributed by atoms with Gasteiger partial charge in [-0.3, -0.25) is 9.36 Å². The number of nitrogens with one attached hydrogen (secondary N) is 2. The van der Waals surface area contributed by atoms with Crippen LogP contribution in [-0.4, -0.2) is 59.1 Å². The van der Waals surface area contributed by atoms with Crippen LogP contribution in [0.15, 0.2) is 42.0 Å². The van der Waals surface area contributed by atoms with Crippen LogP contribution in [0.2, 0.25) is 5.02 Å². The molecule has 3 heterocycles. The van der Waals surface area contributed by atoms with Gasteiger partial charge in [0.25, 0.3) is 0 Å². The summed E-state index contributed by atoms with van der Waals surface area (Å²) in [6.07, 6.45) is -3.29. The van der Waals surface area contributed by atoms with Crippen LogP contribution in [0, 0.1) is 0 Å². The Morgan fingerprint density at radius 2 is 2.03 bits per heavy atom. The van der Waals surface area contributed by atoms with Crippen molar-refractivity contribution in [3.05, 3.63) is 53.0 Å². The number of hydrogen-bond donors (Lipinski definition) is 5. The van der Waals surface area contributed by atoms with Crippen LogP contribution < -0.4 is 10.9 Å². The van der Waals surface area contributed by atoms with Gasteiger partial charge in [0.15, 0.2) is 11.7 Å². The quantitative estimate of drug-likeness (QED) is 0.353. The van der Waals surface area contributed by atoms with Gasteiger partial charge in [-0.15, -0.1) is 0 Å². The Hall–Kier alpha value is -2.83. The summed E-state index contributed by atoms with van der Waals surface area (Å²) in [5.74, 6) is -0.367. The van der Waals surface area contributed by atoms with Gasteiger partial charge in [0.2, 0.25) is 11.4 Å². The van der Waals surface area contributed by atoms with Crippen LogP contribution in [-0.2, 0) is 9.53 Å². The number of aromatic amines is 1. The van der Waals surface area contributed by atoms with Crippen molar-refractivity contribution in [2.75, 3.05) is 0 Å². The number of aliphatic hydroxyl groups excluding tert-OH is 3. The molecule has 11 nitrogen and oxygen atoms in total. The molecule has 4 rings (SSSR count). The molecular formula is C18H19ClN6O5. The molecule has 1 aromatic carbocycles. The van der Waals surface area contributed by atoms with E-state index in [9.17, 15) is 20.1 Å². The summed E-state index contributed by atoms with van der Waals surface area (Å²) in [5.41, 5.74) is 3.64. The van der Waals surface area contributed by atoms with Crippen LogP contribution in [0.5, 0.6) is 0 Å². The first-order valence-corrected chi connectivity index (χ1v) is 9.40. The fourth-order valence-corrected chi connectivity index (χ4v) is 3.44. The molecule has 0 radical (unpaired) electrons. The Morgan fingerprint density at radius 1 is 1.30 bits per heavy atom. The molecule has 0 saturated carbocycles. The summed E-state index contributed by atoms with van der Waals surface area (Å²) >= 11 is 5.87. The Labute approximate surface area is 174 Å². The smallest absolute Gasteiger partial charge is 0.237 e. The van der Waals surface area contributed by atoms with E-state index >= 15 is 0 Å². The first kappa shape index (κ1) is 20.4. The second-order valence-corrected chi connectivity index (χ2v) is 7.26. The van der Waals surface area contributed by atoms with Crippen molar-refractivity contribution in [1.29, 1.82) is 0 Å². The summed E-state index contributed by atoms with van der Waals surface area (Å²) < 4.78 is 7.29. The second kappa shape index (κ2) is 8.13. The summed E-state index contributed by atoms with van der Waals surface area (Å²) in [6, 6.07) is 6.46. The van der Waals surface area contributed by atoms with Gasteiger partial charge in [0.05, 0.1) is 12.7 Å². The molecule has 5 atom stereocenters. The number of carbonyl (C=O) groups excluding carboxylic acids is 1. The van der Waals surface area contributed by atoms with Crippen molar-refractivity contribution in [3.63, 3.8) is 0 Å². The molecule has 1 saturated heterocycles. The predicted molar refractivity (Wildman–Crippen MR) is 104 cm³/mol. The van der Waals surface area contributed by atoms with Gasteiger partial charge in [0.1, 0.15) is 30.1 Å². The summed E-state index contributed by atoms with van der Waals surface area (Å²) in [6.45, 7) is 1.31. The van der Waals surface area contributed by atoms with E-state index in [2.05, 4.69) is 25.5 Å². The van der Waals surface area contributed by atoms with Gasteiger partial charge in [0, 0.05) is 11.9 Å². The lowest BCUT2D eigenvalue weighted by atomic mass is 9.99. The van der Waals surface area contributed by atoms with Crippen LogP contribution >= 0.6 is 11.6 Å². The molecule has 0 unspecified atom stereocenters. The number of H-pyrrole nitrogens is 1. The molecule has 3 aromatic rings. The summed E-state index contributed by atoms with van der Waals surface area (Å²) in [7, 11) is 0. The zero-order valence-corrected chi connectivity index (χ0v) is 16.4. The van der Waals surface area contributed by atoms with Crippen LogP contribution in [0.1, 0.15) is 24.8 Å². The molecule has 158 valence electrons.